The first kappa shape index (κ1) is 22.0. The van der Waals surface area contributed by atoms with Crippen molar-refractivity contribution in [1.82, 2.24) is 14.6 Å². The highest BCUT2D eigenvalue weighted by Crippen LogP contribution is 2.25. The van der Waals surface area contributed by atoms with Gasteiger partial charge in [0.1, 0.15) is 6.61 Å². The molecule has 9 heteroatoms. The van der Waals surface area contributed by atoms with E-state index < -0.39 is 12.8 Å². The second kappa shape index (κ2) is 9.79. The Morgan fingerprint density at radius 2 is 2.11 bits per heavy atom. The van der Waals surface area contributed by atoms with E-state index in [9.17, 15) is 13.2 Å². The summed E-state index contributed by atoms with van der Waals surface area (Å²) in [6, 6.07) is 1.66. The van der Waals surface area contributed by atoms with Gasteiger partial charge in [0.05, 0.1) is 23.7 Å². The molecule has 5 nitrogen and oxygen atoms in total. The van der Waals surface area contributed by atoms with Gasteiger partial charge in [0.25, 0.3) is 0 Å². The fraction of sp³-hybridized carbons (Fsp3) is 0.368. The Morgan fingerprint density at radius 3 is 2.79 bits per heavy atom. The molecule has 2 aromatic heterocycles. The van der Waals surface area contributed by atoms with Crippen LogP contribution in [-0.2, 0) is 23.5 Å². The quantitative estimate of drug-likeness (QED) is 0.379. The van der Waals surface area contributed by atoms with Crippen molar-refractivity contribution < 1.29 is 17.9 Å². The van der Waals surface area contributed by atoms with E-state index >= 15 is 0 Å². The summed E-state index contributed by atoms with van der Waals surface area (Å²) in [5.41, 5.74) is 3.99. The van der Waals surface area contributed by atoms with Gasteiger partial charge in [-0.15, -0.1) is 0 Å². The van der Waals surface area contributed by atoms with Crippen molar-refractivity contribution in [3.05, 3.63) is 65.3 Å². The predicted molar refractivity (Wildman–Crippen MR) is 104 cm³/mol. The first-order chi connectivity index (χ1) is 13.2. The van der Waals surface area contributed by atoms with E-state index in [0.29, 0.717) is 22.9 Å². The van der Waals surface area contributed by atoms with Crippen molar-refractivity contribution in [2.75, 3.05) is 12.4 Å². The molecule has 28 heavy (non-hydrogen) atoms. The third-order valence-electron chi connectivity index (χ3n) is 4.04. The minimum Gasteiger partial charge on any atom is -0.367 e. The van der Waals surface area contributed by atoms with Crippen molar-refractivity contribution in [3.63, 3.8) is 0 Å². The number of pyridine rings is 1. The van der Waals surface area contributed by atoms with Crippen molar-refractivity contribution in [1.29, 1.82) is 0 Å². The number of allylic oxidation sites excluding steroid dienone is 3. The van der Waals surface area contributed by atoms with Crippen LogP contribution in [0, 0.1) is 13.8 Å². The van der Waals surface area contributed by atoms with Crippen LogP contribution >= 0.6 is 11.8 Å². The predicted octanol–water partition coefficient (Wildman–Crippen LogP) is 4.26. The largest absolute Gasteiger partial charge is 0.411 e. The fourth-order valence-electron chi connectivity index (χ4n) is 2.51. The smallest absolute Gasteiger partial charge is 0.367 e. The number of thioether (sulfide) groups is 1. The van der Waals surface area contributed by atoms with Gasteiger partial charge in [-0.2, -0.15) is 13.2 Å². The van der Waals surface area contributed by atoms with Gasteiger partial charge in [-0.25, -0.2) is 9.66 Å². The molecule has 0 fully saturated rings. The maximum atomic E-state index is 12.2. The molecule has 0 unspecified atom stereocenters. The summed E-state index contributed by atoms with van der Waals surface area (Å²) in [7, 11) is 0. The van der Waals surface area contributed by atoms with Crippen molar-refractivity contribution in [2.45, 2.75) is 44.0 Å². The molecule has 0 aliphatic rings. The van der Waals surface area contributed by atoms with E-state index in [-0.39, 0.29) is 6.61 Å². The molecule has 0 spiro atoms. The standard InChI is InChI=1S/C19H23F3N4OS/c1-4-5-6-7-17-14(3)25-18(26(17)23)28-11-16-13(2)15(8-9-24-16)10-27-12-19(20,21)22/h4-6,8-9H,1,7,10-12,23H2,2-3H3/b6-5-. The van der Waals surface area contributed by atoms with Gasteiger partial charge in [0.2, 0.25) is 0 Å². The number of alkyl halides is 3. The van der Waals surface area contributed by atoms with Crippen molar-refractivity contribution in [2.24, 2.45) is 0 Å². The third kappa shape index (κ3) is 6.13. The van der Waals surface area contributed by atoms with Gasteiger partial charge in [-0.1, -0.05) is 36.6 Å². The highest BCUT2D eigenvalue weighted by atomic mass is 32.2. The molecule has 0 atom stereocenters. The number of halogens is 3. The van der Waals surface area contributed by atoms with Crippen LogP contribution < -0.4 is 5.84 Å². The van der Waals surface area contributed by atoms with Gasteiger partial charge in [-0.3, -0.25) is 4.98 Å². The number of nitrogens with two attached hydrogens (primary N) is 1. The molecule has 2 rings (SSSR count). The van der Waals surface area contributed by atoms with Crippen molar-refractivity contribution >= 4 is 11.8 Å². The Hall–Kier alpha value is -2.26. The number of hydrogen-bond donors (Lipinski definition) is 1. The van der Waals surface area contributed by atoms with E-state index in [1.807, 2.05) is 26.0 Å². The lowest BCUT2D eigenvalue weighted by Crippen LogP contribution is -2.17. The van der Waals surface area contributed by atoms with Gasteiger partial charge >= 0.3 is 6.18 Å². The fourth-order valence-corrected chi connectivity index (χ4v) is 3.52. The molecule has 0 amide bonds. The minimum absolute atomic E-state index is 0.115. The highest BCUT2D eigenvalue weighted by molar-refractivity contribution is 7.98. The summed E-state index contributed by atoms with van der Waals surface area (Å²) in [6.07, 6.45) is 3.37. The summed E-state index contributed by atoms with van der Waals surface area (Å²) in [6.45, 7) is 5.96. The Kier molecular flexibility index (Phi) is 7.70. The second-order valence-electron chi connectivity index (χ2n) is 6.10. The minimum atomic E-state index is -4.34. The third-order valence-corrected chi connectivity index (χ3v) is 5.01. The monoisotopic (exact) mass is 412 g/mol. The Morgan fingerprint density at radius 1 is 1.36 bits per heavy atom. The average Bonchev–Trinajstić information content (AvgIpc) is 2.89. The van der Waals surface area contributed by atoms with Crippen molar-refractivity contribution in [3.8, 4) is 0 Å². The molecular weight excluding hydrogens is 389 g/mol. The Balaban J connectivity index is 2.05. The van der Waals surface area contributed by atoms with Gasteiger partial charge in [0, 0.05) is 18.4 Å². The Labute approximate surface area is 166 Å². The zero-order valence-corrected chi connectivity index (χ0v) is 16.6. The maximum Gasteiger partial charge on any atom is 0.411 e. The van der Waals surface area contributed by atoms with E-state index in [2.05, 4.69) is 16.5 Å². The number of nitrogen functional groups attached to an aromatic ring is 1. The first-order valence-corrected chi connectivity index (χ1v) is 9.53. The molecule has 0 saturated heterocycles. The van der Waals surface area contributed by atoms with Gasteiger partial charge < -0.3 is 10.6 Å². The normalized spacial score (nSPS) is 12.0. The summed E-state index contributed by atoms with van der Waals surface area (Å²) in [5, 5.41) is 0.652. The summed E-state index contributed by atoms with van der Waals surface area (Å²) in [4.78, 5) is 8.83. The van der Waals surface area contributed by atoms with Crippen LogP contribution in [0.15, 0.2) is 42.2 Å². The number of rotatable bonds is 9. The molecule has 0 saturated carbocycles. The summed E-state index contributed by atoms with van der Waals surface area (Å²) in [5.74, 6) is 6.65. The molecule has 2 N–H and O–H groups in total. The van der Waals surface area contributed by atoms with Crippen LogP contribution in [0.3, 0.4) is 0 Å². The maximum absolute atomic E-state index is 12.2. The number of hydrogen-bond acceptors (Lipinski definition) is 5. The van der Waals surface area contributed by atoms with Crippen LogP contribution in [0.2, 0.25) is 0 Å². The molecule has 0 aromatic carbocycles. The first-order valence-electron chi connectivity index (χ1n) is 8.54. The Bertz CT molecular complexity index is 846. The van der Waals surface area contributed by atoms with Gasteiger partial charge in [-0.05, 0) is 31.0 Å². The molecule has 0 aliphatic heterocycles. The topological polar surface area (TPSA) is 66.0 Å². The number of imidazole rings is 1. The molecule has 152 valence electrons. The molecule has 2 aromatic rings. The molecule has 0 aliphatic carbocycles. The van der Waals surface area contributed by atoms with E-state index in [1.54, 1.807) is 23.0 Å². The van der Waals surface area contributed by atoms with Crippen LogP contribution in [0.4, 0.5) is 13.2 Å². The lowest BCUT2D eigenvalue weighted by atomic mass is 10.1. The van der Waals surface area contributed by atoms with Crippen LogP contribution in [0.5, 0.6) is 0 Å². The van der Waals surface area contributed by atoms with E-state index in [1.165, 1.54) is 11.8 Å². The lowest BCUT2D eigenvalue weighted by molar-refractivity contribution is -0.176. The second-order valence-corrected chi connectivity index (χ2v) is 7.05. The summed E-state index contributed by atoms with van der Waals surface area (Å²) < 4.78 is 43.1. The van der Waals surface area contributed by atoms with E-state index in [4.69, 9.17) is 10.6 Å². The number of nitrogens with zero attached hydrogens (tertiary/aromatic N) is 3. The van der Waals surface area contributed by atoms with Gasteiger partial charge in [0.15, 0.2) is 5.16 Å². The summed E-state index contributed by atoms with van der Waals surface area (Å²) >= 11 is 1.42. The molecule has 0 bridgehead atoms. The van der Waals surface area contributed by atoms with Crippen LogP contribution in [0.1, 0.15) is 28.2 Å². The molecule has 2 heterocycles. The average molecular weight is 412 g/mol. The highest BCUT2D eigenvalue weighted by Gasteiger charge is 2.27. The zero-order chi connectivity index (χ0) is 20.7. The SMILES string of the molecule is C=C/C=C\Cc1c(C)nc(SCc2nccc(COCC(F)(F)F)c2C)n1N. The number of aromatic nitrogens is 3. The lowest BCUT2D eigenvalue weighted by Gasteiger charge is -2.12. The zero-order valence-electron chi connectivity index (χ0n) is 15.8. The molecular formula is C19H23F3N4OS. The van der Waals surface area contributed by atoms with E-state index in [0.717, 1.165) is 22.6 Å². The van der Waals surface area contributed by atoms with Crippen LogP contribution in [-0.4, -0.2) is 27.4 Å². The molecule has 0 radical (unpaired) electrons. The number of aryl methyl sites for hydroxylation is 1. The van der Waals surface area contributed by atoms with Crippen LogP contribution in [0.25, 0.3) is 0 Å². The number of ether oxygens (including phenoxy) is 1.